The zero-order chi connectivity index (χ0) is 18.6. The molecule has 4 rings (SSSR count). The van der Waals surface area contributed by atoms with E-state index in [0.29, 0.717) is 23.0 Å². The summed E-state index contributed by atoms with van der Waals surface area (Å²) >= 11 is 0. The van der Waals surface area contributed by atoms with Gasteiger partial charge in [0.2, 0.25) is 0 Å². The van der Waals surface area contributed by atoms with Crippen LogP contribution in [0.2, 0.25) is 0 Å². The van der Waals surface area contributed by atoms with Gasteiger partial charge in [0.15, 0.2) is 5.82 Å². The maximum atomic E-state index is 12.5. The molecule has 0 fully saturated rings. The molecule has 0 bridgehead atoms. The predicted molar refractivity (Wildman–Crippen MR) is 104 cm³/mol. The third kappa shape index (κ3) is 3.77. The van der Waals surface area contributed by atoms with Crippen LogP contribution >= 0.6 is 0 Å². The summed E-state index contributed by atoms with van der Waals surface area (Å²) in [5.74, 6) is 0.888. The fourth-order valence-corrected chi connectivity index (χ4v) is 2.76. The standard InChI is InChI=1S/C22H17N3O2/c1-15-23-22(27-25-15)19-11-13-20(14-12-19)24-21(26)18-9-7-17(8-10-18)16-5-3-2-4-6-16/h2-14H,1H3,(H,24,26). The molecular weight excluding hydrogens is 338 g/mol. The van der Waals surface area contributed by atoms with Crippen LogP contribution in [0.5, 0.6) is 0 Å². The zero-order valence-electron chi connectivity index (χ0n) is 14.7. The normalized spacial score (nSPS) is 10.6. The molecule has 1 aromatic heterocycles. The summed E-state index contributed by atoms with van der Waals surface area (Å²) in [7, 11) is 0. The van der Waals surface area contributed by atoms with E-state index in [2.05, 4.69) is 15.5 Å². The van der Waals surface area contributed by atoms with Crippen LogP contribution in [0.15, 0.2) is 83.4 Å². The summed E-state index contributed by atoms with van der Waals surface area (Å²) in [6, 6.07) is 24.9. The first kappa shape index (κ1) is 16.7. The van der Waals surface area contributed by atoms with Crippen molar-refractivity contribution in [2.24, 2.45) is 0 Å². The number of carbonyl (C=O) groups excluding carboxylic acids is 1. The average Bonchev–Trinajstić information content (AvgIpc) is 3.16. The number of amides is 1. The fraction of sp³-hybridized carbons (Fsp3) is 0.0455. The number of rotatable bonds is 4. The van der Waals surface area contributed by atoms with Gasteiger partial charge in [0.05, 0.1) is 0 Å². The number of nitrogens with zero attached hydrogens (tertiary/aromatic N) is 2. The Bertz CT molecular complexity index is 1050. The molecule has 0 saturated heterocycles. The maximum Gasteiger partial charge on any atom is 0.257 e. The van der Waals surface area contributed by atoms with E-state index in [0.717, 1.165) is 16.7 Å². The number of hydrogen-bond acceptors (Lipinski definition) is 4. The molecule has 3 aromatic carbocycles. The Labute approximate surface area is 156 Å². The molecule has 1 amide bonds. The van der Waals surface area contributed by atoms with Gasteiger partial charge in [-0.2, -0.15) is 4.98 Å². The van der Waals surface area contributed by atoms with Crippen LogP contribution in [0, 0.1) is 6.92 Å². The van der Waals surface area contributed by atoms with Crippen LogP contribution in [0.4, 0.5) is 5.69 Å². The van der Waals surface area contributed by atoms with Gasteiger partial charge in [-0.25, -0.2) is 0 Å². The molecule has 0 unspecified atom stereocenters. The van der Waals surface area contributed by atoms with Gasteiger partial charge >= 0.3 is 0 Å². The van der Waals surface area contributed by atoms with Gasteiger partial charge in [-0.15, -0.1) is 0 Å². The molecule has 5 nitrogen and oxygen atoms in total. The van der Waals surface area contributed by atoms with Crippen molar-refractivity contribution in [1.82, 2.24) is 10.1 Å². The molecular formula is C22H17N3O2. The molecule has 1 N–H and O–H groups in total. The highest BCUT2D eigenvalue weighted by atomic mass is 16.5. The number of aromatic nitrogens is 2. The van der Waals surface area contributed by atoms with Crippen molar-refractivity contribution in [2.45, 2.75) is 6.92 Å². The minimum atomic E-state index is -0.156. The molecule has 0 aliphatic heterocycles. The Kier molecular flexibility index (Phi) is 4.49. The second kappa shape index (κ2) is 7.25. The van der Waals surface area contributed by atoms with Gasteiger partial charge in [-0.1, -0.05) is 47.6 Å². The van der Waals surface area contributed by atoms with E-state index in [1.807, 2.05) is 78.9 Å². The first-order valence-electron chi connectivity index (χ1n) is 8.57. The van der Waals surface area contributed by atoms with Crippen molar-refractivity contribution >= 4 is 11.6 Å². The van der Waals surface area contributed by atoms with Crippen LogP contribution in [-0.2, 0) is 0 Å². The van der Waals surface area contributed by atoms with Gasteiger partial charge in [0, 0.05) is 16.8 Å². The van der Waals surface area contributed by atoms with Gasteiger partial charge in [0.1, 0.15) is 0 Å². The van der Waals surface area contributed by atoms with Crippen LogP contribution in [0.1, 0.15) is 16.2 Å². The quantitative estimate of drug-likeness (QED) is 0.561. The second-order valence-electron chi connectivity index (χ2n) is 6.12. The zero-order valence-corrected chi connectivity index (χ0v) is 14.7. The van der Waals surface area contributed by atoms with E-state index < -0.39 is 0 Å². The van der Waals surface area contributed by atoms with Crippen LogP contribution < -0.4 is 5.32 Å². The molecule has 0 spiro atoms. The Balaban J connectivity index is 1.46. The van der Waals surface area contributed by atoms with Gasteiger partial charge in [-0.05, 0) is 54.4 Å². The lowest BCUT2D eigenvalue weighted by Gasteiger charge is -2.07. The van der Waals surface area contributed by atoms with E-state index in [1.165, 1.54) is 0 Å². The third-order valence-corrected chi connectivity index (χ3v) is 4.17. The lowest BCUT2D eigenvalue weighted by atomic mass is 10.0. The first-order valence-corrected chi connectivity index (χ1v) is 8.57. The number of carbonyl (C=O) groups is 1. The maximum absolute atomic E-state index is 12.5. The van der Waals surface area contributed by atoms with Gasteiger partial charge < -0.3 is 9.84 Å². The number of anilines is 1. The van der Waals surface area contributed by atoms with Gasteiger partial charge in [0.25, 0.3) is 11.8 Å². The van der Waals surface area contributed by atoms with E-state index >= 15 is 0 Å². The first-order chi connectivity index (χ1) is 13.2. The SMILES string of the molecule is Cc1noc(-c2ccc(NC(=O)c3ccc(-c4ccccc4)cc3)cc2)n1. The summed E-state index contributed by atoms with van der Waals surface area (Å²) < 4.78 is 5.14. The molecule has 0 saturated carbocycles. The summed E-state index contributed by atoms with van der Waals surface area (Å²) in [6.45, 7) is 1.77. The number of nitrogens with one attached hydrogen (secondary N) is 1. The van der Waals surface area contributed by atoms with E-state index in [9.17, 15) is 4.79 Å². The largest absolute Gasteiger partial charge is 0.334 e. The van der Waals surface area contributed by atoms with Crippen molar-refractivity contribution < 1.29 is 9.32 Å². The van der Waals surface area contributed by atoms with E-state index in [4.69, 9.17) is 4.52 Å². The minimum Gasteiger partial charge on any atom is -0.334 e. The minimum absolute atomic E-state index is 0.156. The molecule has 0 radical (unpaired) electrons. The third-order valence-electron chi connectivity index (χ3n) is 4.17. The topological polar surface area (TPSA) is 68.0 Å². The smallest absolute Gasteiger partial charge is 0.257 e. The molecule has 132 valence electrons. The second-order valence-corrected chi connectivity index (χ2v) is 6.12. The molecule has 5 heteroatoms. The van der Waals surface area contributed by atoms with Crippen molar-refractivity contribution in [3.8, 4) is 22.6 Å². The number of hydrogen-bond donors (Lipinski definition) is 1. The summed E-state index contributed by atoms with van der Waals surface area (Å²) in [5, 5.41) is 6.67. The van der Waals surface area contributed by atoms with Crippen LogP contribution in [0.3, 0.4) is 0 Å². The highest BCUT2D eigenvalue weighted by Gasteiger charge is 2.09. The van der Waals surface area contributed by atoms with Crippen molar-refractivity contribution in [1.29, 1.82) is 0 Å². The summed E-state index contributed by atoms with van der Waals surface area (Å²) in [5.41, 5.74) is 4.31. The molecule has 0 aliphatic rings. The lowest BCUT2D eigenvalue weighted by molar-refractivity contribution is 0.102. The van der Waals surface area contributed by atoms with E-state index in [1.54, 1.807) is 6.92 Å². The van der Waals surface area contributed by atoms with Gasteiger partial charge in [-0.3, -0.25) is 4.79 Å². The highest BCUT2D eigenvalue weighted by Crippen LogP contribution is 2.21. The summed E-state index contributed by atoms with van der Waals surface area (Å²) in [4.78, 5) is 16.7. The Morgan fingerprint density at radius 1 is 0.815 bits per heavy atom. The number of benzene rings is 3. The monoisotopic (exact) mass is 355 g/mol. The van der Waals surface area contributed by atoms with Crippen molar-refractivity contribution in [3.63, 3.8) is 0 Å². The highest BCUT2D eigenvalue weighted by molar-refractivity contribution is 6.04. The number of aryl methyl sites for hydroxylation is 1. The molecule has 27 heavy (non-hydrogen) atoms. The van der Waals surface area contributed by atoms with Crippen molar-refractivity contribution in [3.05, 3.63) is 90.3 Å². The molecule has 1 heterocycles. The Hall–Kier alpha value is -3.73. The average molecular weight is 355 g/mol. The van der Waals surface area contributed by atoms with E-state index in [-0.39, 0.29) is 5.91 Å². The summed E-state index contributed by atoms with van der Waals surface area (Å²) in [6.07, 6.45) is 0. The molecule has 4 aromatic rings. The fourth-order valence-electron chi connectivity index (χ4n) is 2.76. The predicted octanol–water partition coefficient (Wildman–Crippen LogP) is 4.96. The Morgan fingerprint density at radius 3 is 2.07 bits per heavy atom. The molecule has 0 atom stereocenters. The van der Waals surface area contributed by atoms with Crippen molar-refractivity contribution in [2.75, 3.05) is 5.32 Å². The lowest BCUT2D eigenvalue weighted by Crippen LogP contribution is -2.11. The Morgan fingerprint density at radius 2 is 1.44 bits per heavy atom. The molecule has 0 aliphatic carbocycles. The van der Waals surface area contributed by atoms with Crippen LogP contribution in [-0.4, -0.2) is 16.0 Å². The van der Waals surface area contributed by atoms with Crippen LogP contribution in [0.25, 0.3) is 22.6 Å².